The Kier molecular flexibility index (Phi) is 6.73. The van der Waals surface area contributed by atoms with Crippen molar-refractivity contribution in [2.24, 2.45) is 0 Å². The normalized spacial score (nSPS) is 11.2. The summed E-state index contributed by atoms with van der Waals surface area (Å²) in [4.78, 5) is 0.282. The molecule has 0 unspecified atom stereocenters. The van der Waals surface area contributed by atoms with E-state index in [0.717, 1.165) is 12.8 Å². The molecule has 1 aromatic rings. The first-order valence-electron chi connectivity index (χ1n) is 6.76. The van der Waals surface area contributed by atoms with Crippen molar-refractivity contribution in [1.82, 2.24) is 4.31 Å². The van der Waals surface area contributed by atoms with Crippen LogP contribution in [0.2, 0.25) is 0 Å². The van der Waals surface area contributed by atoms with Gasteiger partial charge in [0.25, 0.3) is 0 Å². The Labute approximate surface area is 121 Å². The third kappa shape index (κ3) is 4.34. The maximum atomic E-state index is 12.4. The molecular weight excluding hydrogens is 274 g/mol. The summed E-state index contributed by atoms with van der Waals surface area (Å²) < 4.78 is 26.4. The second-order valence-electron chi connectivity index (χ2n) is 4.33. The summed E-state index contributed by atoms with van der Waals surface area (Å²) in [6, 6.07) is 6.43. The van der Waals surface area contributed by atoms with E-state index in [-0.39, 0.29) is 11.5 Å². The Bertz CT molecular complexity index is 567. The fourth-order valence-electron chi connectivity index (χ4n) is 1.78. The van der Waals surface area contributed by atoms with Crippen LogP contribution in [0.1, 0.15) is 32.3 Å². The lowest BCUT2D eigenvalue weighted by Gasteiger charge is -2.20. The average molecular weight is 295 g/mol. The van der Waals surface area contributed by atoms with Crippen LogP contribution in [0, 0.1) is 11.8 Å². The van der Waals surface area contributed by atoms with Crippen molar-refractivity contribution in [3.8, 4) is 11.8 Å². The van der Waals surface area contributed by atoms with Crippen LogP contribution in [0.3, 0.4) is 0 Å². The minimum atomic E-state index is -3.42. The Hall–Kier alpha value is -1.35. The molecule has 0 saturated heterocycles. The van der Waals surface area contributed by atoms with Crippen molar-refractivity contribution >= 4 is 10.0 Å². The van der Waals surface area contributed by atoms with Gasteiger partial charge in [0.05, 0.1) is 4.90 Å². The first-order chi connectivity index (χ1) is 9.56. The van der Waals surface area contributed by atoms with Gasteiger partial charge in [0, 0.05) is 18.7 Å². The fourth-order valence-corrected chi connectivity index (χ4v) is 3.27. The zero-order chi connectivity index (χ0) is 15.0. The largest absolute Gasteiger partial charge is 0.384 e. The minimum absolute atomic E-state index is 0.208. The number of aliphatic hydroxyl groups is 1. The summed E-state index contributed by atoms with van der Waals surface area (Å²) in [6.45, 7) is 4.68. The lowest BCUT2D eigenvalue weighted by atomic mass is 10.2. The van der Waals surface area contributed by atoms with Gasteiger partial charge in [-0.3, -0.25) is 0 Å². The molecule has 4 nitrogen and oxygen atoms in total. The molecule has 0 aliphatic heterocycles. The number of rotatable bonds is 6. The van der Waals surface area contributed by atoms with Crippen LogP contribution in [-0.2, 0) is 10.0 Å². The molecule has 0 heterocycles. The van der Waals surface area contributed by atoms with E-state index >= 15 is 0 Å². The Balaban J connectivity index is 2.96. The number of sulfonamides is 1. The van der Waals surface area contributed by atoms with Crippen molar-refractivity contribution in [1.29, 1.82) is 0 Å². The number of hydrogen-bond acceptors (Lipinski definition) is 3. The fraction of sp³-hybridized carbons (Fsp3) is 0.467. The molecule has 0 aliphatic carbocycles. The van der Waals surface area contributed by atoms with E-state index in [4.69, 9.17) is 5.11 Å². The van der Waals surface area contributed by atoms with Gasteiger partial charge in [0.1, 0.15) is 6.61 Å². The van der Waals surface area contributed by atoms with Gasteiger partial charge >= 0.3 is 0 Å². The average Bonchev–Trinajstić information content (AvgIpc) is 2.46. The minimum Gasteiger partial charge on any atom is -0.384 e. The number of unbranched alkanes of at least 4 members (excludes halogenated alkanes) is 1. The SMILES string of the molecule is CCCCN(CC)S(=O)(=O)c1ccc(C#CCO)cc1. The maximum Gasteiger partial charge on any atom is 0.243 e. The highest BCUT2D eigenvalue weighted by molar-refractivity contribution is 7.89. The second-order valence-corrected chi connectivity index (χ2v) is 6.27. The summed E-state index contributed by atoms with van der Waals surface area (Å²) in [6.07, 6.45) is 1.81. The molecule has 0 saturated carbocycles. The monoisotopic (exact) mass is 295 g/mol. The van der Waals surface area contributed by atoms with Crippen LogP contribution in [-0.4, -0.2) is 37.5 Å². The third-order valence-corrected chi connectivity index (χ3v) is 4.91. The van der Waals surface area contributed by atoms with Gasteiger partial charge in [-0.2, -0.15) is 4.31 Å². The van der Waals surface area contributed by atoms with E-state index in [9.17, 15) is 8.42 Å². The van der Waals surface area contributed by atoms with Crippen molar-refractivity contribution in [3.05, 3.63) is 29.8 Å². The van der Waals surface area contributed by atoms with E-state index in [0.29, 0.717) is 18.7 Å². The molecule has 0 radical (unpaired) electrons. The van der Waals surface area contributed by atoms with Gasteiger partial charge in [0.15, 0.2) is 0 Å². The van der Waals surface area contributed by atoms with Crippen LogP contribution in [0.4, 0.5) is 0 Å². The highest BCUT2D eigenvalue weighted by Crippen LogP contribution is 2.16. The molecule has 0 amide bonds. The van der Waals surface area contributed by atoms with Crippen LogP contribution < -0.4 is 0 Å². The van der Waals surface area contributed by atoms with Crippen molar-refractivity contribution < 1.29 is 13.5 Å². The molecular formula is C15H21NO3S. The van der Waals surface area contributed by atoms with Gasteiger partial charge < -0.3 is 5.11 Å². The number of benzene rings is 1. The predicted molar refractivity (Wildman–Crippen MR) is 79.7 cm³/mol. The van der Waals surface area contributed by atoms with E-state index in [1.807, 2.05) is 13.8 Å². The molecule has 0 aromatic heterocycles. The molecule has 110 valence electrons. The highest BCUT2D eigenvalue weighted by atomic mass is 32.2. The summed E-state index contributed by atoms with van der Waals surface area (Å²) in [5.41, 5.74) is 0.689. The number of hydrogen-bond donors (Lipinski definition) is 1. The summed E-state index contributed by atoms with van der Waals surface area (Å²) in [7, 11) is -3.42. The summed E-state index contributed by atoms with van der Waals surface area (Å²) >= 11 is 0. The van der Waals surface area contributed by atoms with Crippen molar-refractivity contribution in [2.75, 3.05) is 19.7 Å². The predicted octanol–water partition coefficient (Wildman–Crippen LogP) is 1.84. The topological polar surface area (TPSA) is 57.6 Å². The van der Waals surface area contributed by atoms with Gasteiger partial charge in [-0.25, -0.2) is 8.42 Å². The molecule has 1 rings (SSSR count). The third-order valence-electron chi connectivity index (χ3n) is 2.92. The Morgan fingerprint density at radius 1 is 1.20 bits per heavy atom. The van der Waals surface area contributed by atoms with Crippen LogP contribution >= 0.6 is 0 Å². The first-order valence-corrected chi connectivity index (χ1v) is 8.20. The Morgan fingerprint density at radius 3 is 2.35 bits per heavy atom. The maximum absolute atomic E-state index is 12.4. The van der Waals surface area contributed by atoms with Crippen LogP contribution in [0.25, 0.3) is 0 Å². The molecule has 5 heteroatoms. The lowest BCUT2D eigenvalue weighted by molar-refractivity contribution is 0.350. The van der Waals surface area contributed by atoms with Crippen LogP contribution in [0.5, 0.6) is 0 Å². The molecule has 1 aromatic carbocycles. The smallest absolute Gasteiger partial charge is 0.243 e. The Morgan fingerprint density at radius 2 is 1.85 bits per heavy atom. The molecule has 0 fully saturated rings. The van der Waals surface area contributed by atoms with Crippen molar-refractivity contribution in [3.63, 3.8) is 0 Å². The van der Waals surface area contributed by atoms with Gasteiger partial charge in [-0.15, -0.1) is 0 Å². The zero-order valence-corrected chi connectivity index (χ0v) is 12.8. The first kappa shape index (κ1) is 16.7. The quantitative estimate of drug-likeness (QED) is 0.815. The lowest BCUT2D eigenvalue weighted by Crippen LogP contribution is -2.31. The highest BCUT2D eigenvalue weighted by Gasteiger charge is 2.22. The standard InChI is InChI=1S/C15H21NO3S/c1-3-5-12-16(4-2)20(18,19)15-10-8-14(9-11-15)7-6-13-17/h8-11,17H,3-5,12-13H2,1-2H3. The molecule has 1 N–H and O–H groups in total. The zero-order valence-electron chi connectivity index (χ0n) is 12.0. The van der Waals surface area contributed by atoms with E-state index in [1.165, 1.54) is 4.31 Å². The second kappa shape index (κ2) is 8.05. The molecule has 0 aliphatic rings. The van der Waals surface area contributed by atoms with Crippen molar-refractivity contribution in [2.45, 2.75) is 31.6 Å². The van der Waals surface area contributed by atoms with E-state index in [2.05, 4.69) is 11.8 Å². The van der Waals surface area contributed by atoms with E-state index < -0.39 is 10.0 Å². The molecule has 20 heavy (non-hydrogen) atoms. The number of nitrogens with zero attached hydrogens (tertiary/aromatic N) is 1. The summed E-state index contributed by atoms with van der Waals surface area (Å²) in [5, 5.41) is 8.62. The van der Waals surface area contributed by atoms with Gasteiger partial charge in [0.2, 0.25) is 10.0 Å². The van der Waals surface area contributed by atoms with E-state index in [1.54, 1.807) is 24.3 Å². The molecule has 0 spiro atoms. The summed E-state index contributed by atoms with van der Waals surface area (Å²) in [5.74, 6) is 5.27. The van der Waals surface area contributed by atoms with Crippen LogP contribution in [0.15, 0.2) is 29.2 Å². The molecule has 0 atom stereocenters. The molecule has 0 bridgehead atoms. The van der Waals surface area contributed by atoms with Gasteiger partial charge in [-0.05, 0) is 30.7 Å². The number of aliphatic hydroxyl groups excluding tert-OH is 1. The van der Waals surface area contributed by atoms with Gasteiger partial charge in [-0.1, -0.05) is 32.1 Å².